The predicted molar refractivity (Wildman–Crippen MR) is 162 cm³/mol. The van der Waals surface area contributed by atoms with Crippen LogP contribution >= 0.6 is 11.8 Å². The molecule has 4 aromatic rings. The lowest BCUT2D eigenvalue weighted by atomic mass is 10.2. The predicted octanol–water partition coefficient (Wildman–Crippen LogP) is 4.25. The molecule has 11 nitrogen and oxygen atoms in total. The Morgan fingerprint density at radius 3 is 2.25 bits per heavy atom. The lowest BCUT2D eigenvalue weighted by molar-refractivity contribution is -0.134. The molecule has 0 saturated carbocycles. The van der Waals surface area contributed by atoms with Crippen molar-refractivity contribution < 1.29 is 36.7 Å². The van der Waals surface area contributed by atoms with Crippen LogP contribution in [0.3, 0.4) is 0 Å². The monoisotopic (exact) mass is 638 g/mol. The highest BCUT2D eigenvalue weighted by Gasteiger charge is 2.16. The number of rotatable bonds is 11. The maximum atomic E-state index is 13.6. The Kier molecular flexibility index (Phi) is 10.3. The molecule has 1 heterocycles. The molecule has 1 N–H and O–H groups in total. The van der Waals surface area contributed by atoms with Crippen molar-refractivity contribution in [3.05, 3.63) is 84.2 Å². The van der Waals surface area contributed by atoms with Crippen molar-refractivity contribution in [1.82, 2.24) is 20.1 Å². The van der Waals surface area contributed by atoms with Gasteiger partial charge in [0.1, 0.15) is 5.82 Å². The SMILES string of the molecule is CC(=O)Oc1ccc(/C=C/C(=O)NCCSc2nc(-c3ccc(S(C)(=O)=O)cc3)n(-c3ccc(F)cc3)n2)cc1OC(C)=O. The van der Waals surface area contributed by atoms with Crippen molar-refractivity contribution >= 4 is 45.5 Å². The lowest BCUT2D eigenvalue weighted by Gasteiger charge is -2.09. The van der Waals surface area contributed by atoms with Crippen LogP contribution in [0.1, 0.15) is 19.4 Å². The lowest BCUT2D eigenvalue weighted by Crippen LogP contribution is -2.23. The van der Waals surface area contributed by atoms with E-state index in [1.165, 1.54) is 78.8 Å². The summed E-state index contributed by atoms with van der Waals surface area (Å²) in [5.41, 5.74) is 1.70. The van der Waals surface area contributed by atoms with Gasteiger partial charge < -0.3 is 14.8 Å². The molecule has 1 aromatic heterocycles. The number of hydrogen-bond donors (Lipinski definition) is 1. The summed E-state index contributed by atoms with van der Waals surface area (Å²) in [4.78, 5) is 39.8. The number of benzene rings is 3. The maximum absolute atomic E-state index is 13.6. The first-order valence-electron chi connectivity index (χ1n) is 13.0. The molecule has 0 atom stereocenters. The van der Waals surface area contributed by atoms with Crippen LogP contribution in [0.25, 0.3) is 23.2 Å². The van der Waals surface area contributed by atoms with Gasteiger partial charge >= 0.3 is 11.9 Å². The van der Waals surface area contributed by atoms with Crippen LogP contribution < -0.4 is 14.8 Å². The van der Waals surface area contributed by atoms with E-state index in [9.17, 15) is 27.2 Å². The largest absolute Gasteiger partial charge is 0.423 e. The fraction of sp³-hybridized carbons (Fsp3) is 0.167. The second-order valence-electron chi connectivity index (χ2n) is 9.27. The van der Waals surface area contributed by atoms with Gasteiger partial charge in [-0.1, -0.05) is 17.8 Å². The van der Waals surface area contributed by atoms with Crippen LogP contribution in [-0.4, -0.2) is 59.6 Å². The molecule has 0 bridgehead atoms. The first kappa shape index (κ1) is 32.1. The molecule has 228 valence electrons. The molecule has 3 aromatic carbocycles. The molecule has 14 heteroatoms. The van der Waals surface area contributed by atoms with E-state index in [2.05, 4.69) is 15.4 Å². The average molecular weight is 639 g/mol. The van der Waals surface area contributed by atoms with E-state index in [-0.39, 0.29) is 28.8 Å². The number of carbonyl (C=O) groups excluding carboxylic acids is 3. The quantitative estimate of drug-likeness (QED) is 0.0832. The molecule has 0 aliphatic carbocycles. The second-order valence-corrected chi connectivity index (χ2v) is 12.3. The summed E-state index contributed by atoms with van der Waals surface area (Å²) in [5, 5.41) is 7.69. The number of aromatic nitrogens is 3. The smallest absolute Gasteiger partial charge is 0.308 e. The molecule has 44 heavy (non-hydrogen) atoms. The molecule has 4 rings (SSSR count). The second kappa shape index (κ2) is 14.1. The highest BCUT2D eigenvalue weighted by Crippen LogP contribution is 2.29. The number of sulfone groups is 1. The van der Waals surface area contributed by atoms with E-state index in [1.54, 1.807) is 30.3 Å². The first-order chi connectivity index (χ1) is 20.9. The van der Waals surface area contributed by atoms with Gasteiger partial charge in [0, 0.05) is 44.0 Å². The molecule has 0 aliphatic heterocycles. The Morgan fingerprint density at radius 2 is 1.61 bits per heavy atom. The van der Waals surface area contributed by atoms with Gasteiger partial charge in [-0.3, -0.25) is 14.4 Å². The zero-order chi connectivity index (χ0) is 31.9. The normalized spacial score (nSPS) is 11.4. The summed E-state index contributed by atoms with van der Waals surface area (Å²) < 4.78 is 49.0. The summed E-state index contributed by atoms with van der Waals surface area (Å²) in [6.45, 7) is 2.72. The first-order valence-corrected chi connectivity index (χ1v) is 15.9. The third-order valence-electron chi connectivity index (χ3n) is 5.73. The van der Waals surface area contributed by atoms with E-state index in [0.29, 0.717) is 33.5 Å². The summed E-state index contributed by atoms with van der Waals surface area (Å²) in [6.07, 6.45) is 3.95. The Hall–Kier alpha value is -4.82. The van der Waals surface area contributed by atoms with Crippen LogP contribution in [0.5, 0.6) is 11.5 Å². The zero-order valence-electron chi connectivity index (χ0n) is 23.8. The van der Waals surface area contributed by atoms with Crippen molar-refractivity contribution in [3.63, 3.8) is 0 Å². The molecule has 0 saturated heterocycles. The highest BCUT2D eigenvalue weighted by atomic mass is 32.2. The minimum atomic E-state index is -3.38. The van der Waals surface area contributed by atoms with Crippen molar-refractivity contribution in [3.8, 4) is 28.6 Å². The van der Waals surface area contributed by atoms with E-state index in [1.807, 2.05) is 0 Å². The number of nitrogens with zero attached hydrogens (tertiary/aromatic N) is 3. The number of nitrogens with one attached hydrogen (secondary N) is 1. The number of esters is 2. The Morgan fingerprint density at radius 1 is 0.955 bits per heavy atom. The Balaban J connectivity index is 1.41. The van der Waals surface area contributed by atoms with Crippen LogP contribution in [-0.2, 0) is 24.2 Å². The third kappa shape index (κ3) is 8.84. The molecule has 0 radical (unpaired) electrons. The van der Waals surface area contributed by atoms with E-state index < -0.39 is 27.6 Å². The summed E-state index contributed by atoms with van der Waals surface area (Å²) >= 11 is 1.28. The Labute approximate surface area is 257 Å². The van der Waals surface area contributed by atoms with Gasteiger partial charge in [-0.25, -0.2) is 22.5 Å². The van der Waals surface area contributed by atoms with E-state index in [0.717, 1.165) is 6.26 Å². The van der Waals surface area contributed by atoms with Gasteiger partial charge in [0.15, 0.2) is 27.2 Å². The summed E-state index contributed by atoms with van der Waals surface area (Å²) in [6, 6.07) is 16.4. The third-order valence-corrected chi connectivity index (χ3v) is 7.70. The number of carbonyl (C=O) groups is 3. The topological polar surface area (TPSA) is 147 Å². The maximum Gasteiger partial charge on any atom is 0.308 e. The van der Waals surface area contributed by atoms with Crippen LogP contribution in [0, 0.1) is 5.82 Å². The highest BCUT2D eigenvalue weighted by molar-refractivity contribution is 7.99. The number of ether oxygens (including phenoxy) is 2. The van der Waals surface area contributed by atoms with Gasteiger partial charge in [0.2, 0.25) is 11.1 Å². The van der Waals surface area contributed by atoms with Crippen molar-refractivity contribution in [2.24, 2.45) is 0 Å². The van der Waals surface area contributed by atoms with Crippen LogP contribution in [0.4, 0.5) is 4.39 Å². The Bertz CT molecular complexity index is 1820. The number of amides is 1. The minimum Gasteiger partial charge on any atom is -0.423 e. The summed E-state index contributed by atoms with van der Waals surface area (Å²) in [5.74, 6) is -0.969. The number of hydrogen-bond acceptors (Lipinski definition) is 10. The molecular weight excluding hydrogens is 611 g/mol. The fourth-order valence-corrected chi connectivity index (χ4v) is 5.11. The number of halogens is 1. The van der Waals surface area contributed by atoms with Crippen LogP contribution in [0.15, 0.2) is 82.9 Å². The van der Waals surface area contributed by atoms with Crippen molar-refractivity contribution in [1.29, 1.82) is 0 Å². The number of thioether (sulfide) groups is 1. The molecule has 1 amide bonds. The molecular formula is C30H27FN4O7S2. The average Bonchev–Trinajstić information content (AvgIpc) is 3.39. The zero-order valence-corrected chi connectivity index (χ0v) is 25.4. The minimum absolute atomic E-state index is 0.0462. The van der Waals surface area contributed by atoms with Gasteiger partial charge in [0.05, 0.1) is 10.6 Å². The van der Waals surface area contributed by atoms with Gasteiger partial charge in [0.25, 0.3) is 0 Å². The van der Waals surface area contributed by atoms with Gasteiger partial charge in [-0.15, -0.1) is 5.10 Å². The summed E-state index contributed by atoms with van der Waals surface area (Å²) in [7, 11) is -3.38. The van der Waals surface area contributed by atoms with E-state index in [4.69, 9.17) is 9.47 Å². The van der Waals surface area contributed by atoms with E-state index >= 15 is 0 Å². The fourth-order valence-electron chi connectivity index (χ4n) is 3.80. The van der Waals surface area contributed by atoms with Gasteiger partial charge in [-0.05, 0) is 72.3 Å². The molecule has 0 fully saturated rings. The molecule has 0 spiro atoms. The molecule has 0 aliphatic rings. The molecule has 0 unspecified atom stereocenters. The van der Waals surface area contributed by atoms with Crippen LogP contribution in [0.2, 0.25) is 0 Å². The van der Waals surface area contributed by atoms with Gasteiger partial charge in [-0.2, -0.15) is 0 Å². The standard InChI is InChI=1S/C30H27FN4O7S2/c1-19(36)41-26-14-4-21(18-27(26)42-20(2)37)5-15-28(38)32-16-17-43-30-33-29(22-6-12-25(13-7-22)44(3,39)40)35(34-30)24-10-8-23(31)9-11-24/h4-15,18H,16-17H2,1-3H3,(H,32,38)/b15-5+. The van der Waals surface area contributed by atoms with Crippen molar-refractivity contribution in [2.75, 3.05) is 18.6 Å². The van der Waals surface area contributed by atoms with Crippen molar-refractivity contribution in [2.45, 2.75) is 23.9 Å².